The molecule has 2 nitrogen and oxygen atoms in total. The van der Waals surface area contributed by atoms with Crippen LogP contribution in [0.3, 0.4) is 0 Å². The highest BCUT2D eigenvalue weighted by Gasteiger charge is 2.36. The second-order valence-electron chi connectivity index (χ2n) is 4.66. The molecular weight excluding hydrogens is 259 g/mol. The molecule has 0 fully saturated rings. The Kier molecular flexibility index (Phi) is 3.37. The summed E-state index contributed by atoms with van der Waals surface area (Å²) < 4.78 is 5.15. The molecule has 1 unspecified atom stereocenters. The first-order chi connectivity index (χ1) is 7.97. The van der Waals surface area contributed by atoms with E-state index >= 15 is 0 Å². The molecule has 0 spiro atoms. The summed E-state index contributed by atoms with van der Waals surface area (Å²) in [7, 11) is 1.54. The highest BCUT2D eigenvalue weighted by molar-refractivity contribution is 6.45. The zero-order valence-corrected chi connectivity index (χ0v) is 11.5. The molecule has 0 radical (unpaired) electrons. The Balaban J connectivity index is 2.56. The molecule has 0 N–H and O–H groups in total. The third-order valence-corrected chi connectivity index (χ3v) is 4.15. The number of halogens is 2. The van der Waals surface area contributed by atoms with E-state index in [-0.39, 0.29) is 11.7 Å². The maximum atomic E-state index is 12.2. The number of ether oxygens (including phenoxy) is 1. The van der Waals surface area contributed by atoms with Crippen molar-refractivity contribution in [3.05, 3.63) is 27.2 Å². The Bertz CT molecular complexity index is 481. The number of carbonyl (C=O) groups excluding carboxylic acids is 1. The largest absolute Gasteiger partial charge is 0.495 e. The number of fused-ring (bicyclic) bond motifs is 1. The molecule has 0 amide bonds. The van der Waals surface area contributed by atoms with Crippen molar-refractivity contribution in [3.8, 4) is 5.75 Å². The van der Waals surface area contributed by atoms with Crippen LogP contribution >= 0.6 is 23.2 Å². The zero-order valence-electron chi connectivity index (χ0n) is 10.0. The van der Waals surface area contributed by atoms with Crippen LogP contribution in [0, 0.1) is 11.8 Å². The molecule has 0 bridgehead atoms. The van der Waals surface area contributed by atoms with Crippen molar-refractivity contribution in [2.45, 2.75) is 20.3 Å². The molecule has 0 aliphatic heterocycles. The van der Waals surface area contributed by atoms with Gasteiger partial charge in [-0.1, -0.05) is 37.0 Å². The molecule has 0 heterocycles. The third-order valence-electron chi connectivity index (χ3n) is 3.30. The van der Waals surface area contributed by atoms with Gasteiger partial charge in [0.05, 0.1) is 12.1 Å². The molecule has 1 aliphatic rings. The predicted molar refractivity (Wildman–Crippen MR) is 69.4 cm³/mol. The third kappa shape index (κ3) is 1.94. The van der Waals surface area contributed by atoms with Crippen molar-refractivity contribution >= 4 is 29.0 Å². The summed E-state index contributed by atoms with van der Waals surface area (Å²) >= 11 is 12.2. The first-order valence-electron chi connectivity index (χ1n) is 5.56. The summed E-state index contributed by atoms with van der Waals surface area (Å²) in [6, 6.07) is 1.82. The standard InChI is InChI=1S/C13H14Cl2O2/c1-6(2)8-4-7-5-9(17-3)11(14)12(15)10(7)13(8)16/h5-6,8H,4H2,1-3H3. The summed E-state index contributed by atoms with van der Waals surface area (Å²) in [5.74, 6) is 0.943. The Morgan fingerprint density at radius 2 is 2.00 bits per heavy atom. The normalized spacial score (nSPS) is 18.7. The van der Waals surface area contributed by atoms with Gasteiger partial charge in [-0.3, -0.25) is 4.79 Å². The van der Waals surface area contributed by atoms with Gasteiger partial charge in [-0.15, -0.1) is 0 Å². The highest BCUT2D eigenvalue weighted by atomic mass is 35.5. The SMILES string of the molecule is COc1cc2c(c(Cl)c1Cl)C(=O)C(C(C)C)C2. The lowest BCUT2D eigenvalue weighted by atomic mass is 9.92. The van der Waals surface area contributed by atoms with Crippen molar-refractivity contribution in [2.75, 3.05) is 7.11 Å². The second kappa shape index (κ2) is 4.51. The quantitative estimate of drug-likeness (QED) is 0.813. The van der Waals surface area contributed by atoms with Crippen LogP contribution in [0.15, 0.2) is 6.07 Å². The van der Waals surface area contributed by atoms with E-state index in [0.717, 1.165) is 12.0 Å². The van der Waals surface area contributed by atoms with E-state index in [9.17, 15) is 4.79 Å². The first-order valence-corrected chi connectivity index (χ1v) is 6.32. The van der Waals surface area contributed by atoms with Gasteiger partial charge < -0.3 is 4.74 Å². The van der Waals surface area contributed by atoms with Crippen LogP contribution in [0.1, 0.15) is 29.8 Å². The molecule has 17 heavy (non-hydrogen) atoms. The Morgan fingerprint density at radius 3 is 2.53 bits per heavy atom. The minimum absolute atomic E-state index is 0.00525. The lowest BCUT2D eigenvalue weighted by Gasteiger charge is -2.11. The topological polar surface area (TPSA) is 26.3 Å². The van der Waals surface area contributed by atoms with E-state index in [0.29, 0.717) is 27.3 Å². The molecule has 4 heteroatoms. The van der Waals surface area contributed by atoms with Crippen molar-refractivity contribution in [2.24, 2.45) is 11.8 Å². The monoisotopic (exact) mass is 272 g/mol. The Hall–Kier alpha value is -0.730. The van der Waals surface area contributed by atoms with Crippen LogP contribution in [0.25, 0.3) is 0 Å². The van der Waals surface area contributed by atoms with Gasteiger partial charge in [0.25, 0.3) is 0 Å². The van der Waals surface area contributed by atoms with Crippen molar-refractivity contribution in [1.82, 2.24) is 0 Å². The Labute approximate surface area is 111 Å². The van der Waals surface area contributed by atoms with Crippen molar-refractivity contribution in [1.29, 1.82) is 0 Å². The molecule has 0 aromatic heterocycles. The average Bonchev–Trinajstić information content (AvgIpc) is 2.61. The predicted octanol–water partition coefficient (Wildman–Crippen LogP) is 4.01. The van der Waals surface area contributed by atoms with E-state index in [1.54, 1.807) is 7.11 Å². The fraction of sp³-hybridized carbons (Fsp3) is 0.462. The van der Waals surface area contributed by atoms with Gasteiger partial charge in [-0.25, -0.2) is 0 Å². The maximum Gasteiger partial charge on any atom is 0.168 e. The van der Waals surface area contributed by atoms with Crippen LogP contribution in [0.4, 0.5) is 0 Å². The summed E-state index contributed by atoms with van der Waals surface area (Å²) in [4.78, 5) is 12.2. The minimum Gasteiger partial charge on any atom is -0.495 e. The lowest BCUT2D eigenvalue weighted by molar-refractivity contribution is 0.0906. The van der Waals surface area contributed by atoms with Gasteiger partial charge in [-0.05, 0) is 24.0 Å². The molecule has 1 aromatic rings. The molecule has 0 saturated carbocycles. The van der Waals surface area contributed by atoms with Gasteiger partial charge >= 0.3 is 0 Å². The average molecular weight is 273 g/mol. The fourth-order valence-corrected chi connectivity index (χ4v) is 2.82. The van der Waals surface area contributed by atoms with Crippen molar-refractivity contribution < 1.29 is 9.53 Å². The molecule has 92 valence electrons. The first kappa shape index (κ1) is 12.7. The molecular formula is C13H14Cl2O2. The van der Waals surface area contributed by atoms with Crippen LogP contribution in [0.2, 0.25) is 10.0 Å². The number of carbonyl (C=O) groups is 1. The number of benzene rings is 1. The van der Waals surface area contributed by atoms with Crippen LogP contribution < -0.4 is 4.74 Å². The van der Waals surface area contributed by atoms with E-state index in [2.05, 4.69) is 0 Å². The summed E-state index contributed by atoms with van der Waals surface area (Å²) in [6.07, 6.45) is 0.721. The van der Waals surface area contributed by atoms with Gasteiger partial charge in [0.2, 0.25) is 0 Å². The molecule has 1 atom stereocenters. The highest BCUT2D eigenvalue weighted by Crippen LogP contribution is 2.43. The summed E-state index contributed by atoms with van der Waals surface area (Å²) in [5.41, 5.74) is 1.52. The van der Waals surface area contributed by atoms with E-state index < -0.39 is 0 Å². The fourth-order valence-electron chi connectivity index (χ4n) is 2.28. The number of ketones is 1. The zero-order chi connectivity index (χ0) is 12.7. The van der Waals surface area contributed by atoms with E-state index in [1.165, 1.54) is 0 Å². The van der Waals surface area contributed by atoms with Gasteiger partial charge in [0.1, 0.15) is 10.8 Å². The molecule has 0 saturated heterocycles. The van der Waals surface area contributed by atoms with Gasteiger partial charge in [-0.2, -0.15) is 0 Å². The number of hydrogen-bond donors (Lipinski definition) is 0. The number of rotatable bonds is 2. The van der Waals surface area contributed by atoms with Crippen molar-refractivity contribution in [3.63, 3.8) is 0 Å². The summed E-state index contributed by atoms with van der Waals surface area (Å²) in [6.45, 7) is 4.09. The van der Waals surface area contributed by atoms with Gasteiger partial charge in [0, 0.05) is 11.5 Å². The summed E-state index contributed by atoms with van der Waals surface area (Å²) in [5, 5.41) is 0.653. The maximum absolute atomic E-state index is 12.2. The molecule has 1 aromatic carbocycles. The Morgan fingerprint density at radius 1 is 1.35 bits per heavy atom. The van der Waals surface area contributed by atoms with E-state index in [4.69, 9.17) is 27.9 Å². The molecule has 2 rings (SSSR count). The van der Waals surface area contributed by atoms with Crippen LogP contribution in [-0.4, -0.2) is 12.9 Å². The minimum atomic E-state index is 0.00525. The van der Waals surface area contributed by atoms with E-state index in [1.807, 2.05) is 19.9 Å². The smallest absolute Gasteiger partial charge is 0.168 e. The van der Waals surface area contributed by atoms with Gasteiger partial charge in [0.15, 0.2) is 5.78 Å². The van der Waals surface area contributed by atoms with Crippen LogP contribution in [-0.2, 0) is 6.42 Å². The van der Waals surface area contributed by atoms with Crippen LogP contribution in [0.5, 0.6) is 5.75 Å². The lowest BCUT2D eigenvalue weighted by Crippen LogP contribution is -2.15. The second-order valence-corrected chi connectivity index (χ2v) is 5.42. The molecule has 1 aliphatic carbocycles. The number of methoxy groups -OCH3 is 1. The number of hydrogen-bond acceptors (Lipinski definition) is 2. The number of Topliss-reactive ketones (excluding diaryl/α,β-unsaturated/α-hetero) is 1.